The fraction of sp³-hybridized carbons (Fsp3) is 0.350. The predicted octanol–water partition coefficient (Wildman–Crippen LogP) is 5.56. The Hall–Kier alpha value is -1.78. The number of ether oxygens (including phenoxy) is 1. The van der Waals surface area contributed by atoms with Gasteiger partial charge >= 0.3 is 0 Å². The number of nitrogens with one attached hydrogen (secondary N) is 1. The maximum atomic E-state index is 13.2. The molecule has 0 radical (unpaired) electrons. The first-order valence-corrected chi connectivity index (χ1v) is 9.41. The van der Waals surface area contributed by atoms with Crippen molar-refractivity contribution in [2.45, 2.75) is 38.3 Å². The van der Waals surface area contributed by atoms with E-state index >= 15 is 0 Å². The summed E-state index contributed by atoms with van der Waals surface area (Å²) in [5, 5.41) is 3.93. The van der Waals surface area contributed by atoms with E-state index in [1.54, 1.807) is 30.3 Å². The Morgan fingerprint density at radius 3 is 2.50 bits per heavy atom. The molecule has 2 unspecified atom stereocenters. The Balaban J connectivity index is 1.71. The second kappa shape index (κ2) is 8.28. The molecule has 1 amide bonds. The quantitative estimate of drug-likeness (QED) is 0.666. The molecule has 2 aromatic carbocycles. The third-order valence-electron chi connectivity index (χ3n) is 4.45. The van der Waals surface area contributed by atoms with E-state index < -0.39 is 6.10 Å². The molecular weight excluding hydrogens is 376 g/mol. The van der Waals surface area contributed by atoms with Gasteiger partial charge in [0.15, 0.2) is 6.10 Å². The van der Waals surface area contributed by atoms with Crippen LogP contribution in [0.4, 0.5) is 4.39 Å². The van der Waals surface area contributed by atoms with Gasteiger partial charge in [0.2, 0.25) is 0 Å². The average Bonchev–Trinajstić information content (AvgIpc) is 3.45. The maximum Gasteiger partial charge on any atom is 0.261 e. The first kappa shape index (κ1) is 19.0. The lowest BCUT2D eigenvalue weighted by molar-refractivity contribution is -0.129. The second-order valence-corrected chi connectivity index (χ2v) is 7.31. The summed E-state index contributed by atoms with van der Waals surface area (Å²) in [7, 11) is 0. The first-order valence-electron chi connectivity index (χ1n) is 8.65. The zero-order chi connectivity index (χ0) is 18.7. The Bertz CT molecular complexity index is 778. The van der Waals surface area contributed by atoms with E-state index in [0.29, 0.717) is 28.1 Å². The Kier molecular flexibility index (Phi) is 6.05. The van der Waals surface area contributed by atoms with E-state index in [1.165, 1.54) is 12.1 Å². The molecule has 2 atom stereocenters. The molecule has 0 spiro atoms. The predicted molar refractivity (Wildman–Crippen MR) is 101 cm³/mol. The largest absolute Gasteiger partial charge is 0.479 e. The third kappa shape index (κ3) is 4.68. The summed E-state index contributed by atoms with van der Waals surface area (Å²) in [5.74, 6) is 0.297. The van der Waals surface area contributed by atoms with Gasteiger partial charge in [-0.1, -0.05) is 42.3 Å². The third-order valence-corrected chi connectivity index (χ3v) is 4.98. The molecule has 0 saturated heterocycles. The number of hydrogen-bond acceptors (Lipinski definition) is 2. The minimum atomic E-state index is -0.671. The van der Waals surface area contributed by atoms with Gasteiger partial charge in [-0.05, 0) is 61.1 Å². The van der Waals surface area contributed by atoms with Crippen LogP contribution in [0.3, 0.4) is 0 Å². The molecule has 2 aromatic rings. The summed E-state index contributed by atoms with van der Waals surface area (Å²) in [5.41, 5.74) is 0.904. The number of carbonyl (C=O) groups is 1. The molecule has 1 aliphatic rings. The Morgan fingerprint density at radius 2 is 1.92 bits per heavy atom. The molecule has 1 N–H and O–H groups in total. The summed E-state index contributed by atoms with van der Waals surface area (Å²) < 4.78 is 19.0. The highest BCUT2D eigenvalue weighted by Crippen LogP contribution is 2.41. The van der Waals surface area contributed by atoms with Gasteiger partial charge in [-0.3, -0.25) is 4.79 Å². The van der Waals surface area contributed by atoms with Crippen LogP contribution in [0, 0.1) is 11.7 Å². The Labute approximate surface area is 162 Å². The molecule has 0 aromatic heterocycles. The van der Waals surface area contributed by atoms with Gasteiger partial charge in [-0.15, -0.1) is 0 Å². The van der Waals surface area contributed by atoms with Crippen LogP contribution >= 0.6 is 23.2 Å². The average molecular weight is 396 g/mol. The van der Waals surface area contributed by atoms with Crippen LogP contribution in [0.25, 0.3) is 0 Å². The fourth-order valence-corrected chi connectivity index (χ4v) is 3.32. The smallest absolute Gasteiger partial charge is 0.261 e. The van der Waals surface area contributed by atoms with Crippen LogP contribution in [0.1, 0.15) is 37.8 Å². The van der Waals surface area contributed by atoms with Crippen LogP contribution in [-0.4, -0.2) is 12.0 Å². The summed E-state index contributed by atoms with van der Waals surface area (Å²) in [4.78, 5) is 12.8. The van der Waals surface area contributed by atoms with Crippen LogP contribution < -0.4 is 10.1 Å². The molecule has 26 heavy (non-hydrogen) atoms. The summed E-state index contributed by atoms with van der Waals surface area (Å²) in [6.07, 6.45) is 1.91. The summed E-state index contributed by atoms with van der Waals surface area (Å²) in [6, 6.07) is 11.0. The highest BCUT2D eigenvalue weighted by Gasteiger charge is 2.35. The number of halogens is 3. The molecule has 3 rings (SSSR count). The van der Waals surface area contributed by atoms with Crippen molar-refractivity contribution in [3.05, 3.63) is 63.9 Å². The van der Waals surface area contributed by atoms with Crippen LogP contribution in [0.2, 0.25) is 10.0 Å². The zero-order valence-corrected chi connectivity index (χ0v) is 15.9. The molecule has 0 aliphatic heterocycles. The van der Waals surface area contributed by atoms with E-state index in [2.05, 4.69) is 5.32 Å². The van der Waals surface area contributed by atoms with Crippen molar-refractivity contribution in [2.24, 2.45) is 5.92 Å². The van der Waals surface area contributed by atoms with E-state index in [9.17, 15) is 9.18 Å². The molecule has 1 saturated carbocycles. The molecule has 6 heteroatoms. The molecular formula is C20H20Cl2FNO2. The van der Waals surface area contributed by atoms with Gasteiger partial charge in [-0.2, -0.15) is 0 Å². The number of hydrogen-bond donors (Lipinski definition) is 1. The van der Waals surface area contributed by atoms with Gasteiger partial charge in [0, 0.05) is 5.02 Å². The number of rotatable bonds is 7. The van der Waals surface area contributed by atoms with Crippen molar-refractivity contribution in [3.8, 4) is 5.75 Å². The van der Waals surface area contributed by atoms with Gasteiger partial charge < -0.3 is 10.1 Å². The summed E-state index contributed by atoms with van der Waals surface area (Å²) in [6.45, 7) is 1.87. The normalized spacial score (nSPS) is 16.0. The Morgan fingerprint density at radius 1 is 1.23 bits per heavy atom. The second-order valence-electron chi connectivity index (χ2n) is 6.46. The van der Waals surface area contributed by atoms with E-state index in [-0.39, 0.29) is 17.8 Å². The van der Waals surface area contributed by atoms with Gasteiger partial charge in [0.05, 0.1) is 11.1 Å². The molecule has 138 valence electrons. The number of benzene rings is 2. The lowest BCUT2D eigenvalue weighted by Gasteiger charge is -2.23. The van der Waals surface area contributed by atoms with Gasteiger partial charge in [-0.25, -0.2) is 4.39 Å². The zero-order valence-electron chi connectivity index (χ0n) is 14.3. The molecule has 3 nitrogen and oxygen atoms in total. The van der Waals surface area contributed by atoms with Crippen LogP contribution in [-0.2, 0) is 4.79 Å². The van der Waals surface area contributed by atoms with E-state index in [0.717, 1.165) is 18.4 Å². The van der Waals surface area contributed by atoms with Crippen molar-refractivity contribution in [1.29, 1.82) is 0 Å². The minimum Gasteiger partial charge on any atom is -0.479 e. The highest BCUT2D eigenvalue weighted by atomic mass is 35.5. The number of carbonyl (C=O) groups excluding carboxylic acids is 1. The van der Waals surface area contributed by atoms with Gasteiger partial charge in [0.25, 0.3) is 5.91 Å². The highest BCUT2D eigenvalue weighted by molar-refractivity contribution is 6.35. The minimum absolute atomic E-state index is 0.138. The standard InChI is InChI=1S/C20H20Cl2FNO2/c1-2-17(26-18-10-7-14(21)11-16(18)22)20(25)24-19(12-3-4-12)13-5-8-15(23)9-6-13/h5-12,17,19H,2-4H2,1H3,(H,24,25). The van der Waals surface area contributed by atoms with Crippen molar-refractivity contribution >= 4 is 29.1 Å². The summed E-state index contributed by atoms with van der Waals surface area (Å²) >= 11 is 12.0. The lowest BCUT2D eigenvalue weighted by Crippen LogP contribution is -2.40. The monoisotopic (exact) mass is 395 g/mol. The molecule has 0 heterocycles. The van der Waals surface area contributed by atoms with E-state index in [4.69, 9.17) is 27.9 Å². The number of amides is 1. The fourth-order valence-electron chi connectivity index (χ4n) is 2.87. The van der Waals surface area contributed by atoms with Crippen LogP contribution in [0.5, 0.6) is 5.75 Å². The molecule has 0 bridgehead atoms. The van der Waals surface area contributed by atoms with Crippen molar-refractivity contribution in [1.82, 2.24) is 5.32 Å². The van der Waals surface area contributed by atoms with Crippen molar-refractivity contribution in [3.63, 3.8) is 0 Å². The van der Waals surface area contributed by atoms with Crippen LogP contribution in [0.15, 0.2) is 42.5 Å². The lowest BCUT2D eigenvalue weighted by atomic mass is 10.0. The maximum absolute atomic E-state index is 13.2. The SMILES string of the molecule is CCC(Oc1ccc(Cl)cc1Cl)C(=O)NC(c1ccc(F)cc1)C1CC1. The molecule has 1 fully saturated rings. The molecule has 1 aliphatic carbocycles. The first-order chi connectivity index (χ1) is 12.5. The van der Waals surface area contributed by atoms with Gasteiger partial charge in [0.1, 0.15) is 11.6 Å². The van der Waals surface area contributed by atoms with Crippen molar-refractivity contribution < 1.29 is 13.9 Å². The van der Waals surface area contributed by atoms with Crippen molar-refractivity contribution in [2.75, 3.05) is 0 Å². The van der Waals surface area contributed by atoms with E-state index in [1.807, 2.05) is 6.92 Å². The topological polar surface area (TPSA) is 38.3 Å².